The van der Waals surface area contributed by atoms with Crippen LogP contribution in [0.25, 0.3) is 10.4 Å². The molecule has 1 heterocycles. The van der Waals surface area contributed by atoms with E-state index >= 15 is 0 Å². The van der Waals surface area contributed by atoms with E-state index in [2.05, 4.69) is 17.6 Å². The molecule has 0 spiro atoms. The highest BCUT2D eigenvalue weighted by Crippen LogP contribution is 2.35. The fraction of sp³-hybridized carbons (Fsp3) is 0.333. The van der Waals surface area contributed by atoms with Crippen molar-refractivity contribution in [2.75, 3.05) is 11.9 Å². The third-order valence-electron chi connectivity index (χ3n) is 3.60. The lowest BCUT2D eigenvalue weighted by Crippen LogP contribution is -2.29. The van der Waals surface area contributed by atoms with Gasteiger partial charge in [-0.1, -0.05) is 49.9 Å². The first-order valence-electron chi connectivity index (χ1n) is 8.19. The van der Waals surface area contributed by atoms with Crippen molar-refractivity contribution >= 4 is 40.6 Å². The molecule has 0 aliphatic heterocycles. The molecular weight excluding hydrogens is 360 g/mol. The molecule has 0 aliphatic carbocycles. The molecule has 1 aromatic carbocycles. The number of anilines is 1. The summed E-state index contributed by atoms with van der Waals surface area (Å²) in [5.74, 6) is -1.07. The third-order valence-corrected chi connectivity index (χ3v) is 5.01. The maximum Gasteiger partial charge on any atom is 0.348 e. The average molecular weight is 381 g/mol. The van der Waals surface area contributed by atoms with Crippen LogP contribution < -0.4 is 10.6 Å². The smallest absolute Gasteiger partial charge is 0.348 e. The number of benzene rings is 1. The summed E-state index contributed by atoms with van der Waals surface area (Å²) in [5.41, 5.74) is 1.10. The van der Waals surface area contributed by atoms with E-state index in [4.69, 9.17) is 11.6 Å². The number of thiophene rings is 1. The number of aromatic carboxylic acids is 1. The maximum atomic E-state index is 12.0. The lowest BCUT2D eigenvalue weighted by atomic mass is 10.2. The Morgan fingerprint density at radius 3 is 2.68 bits per heavy atom. The van der Waals surface area contributed by atoms with E-state index in [0.29, 0.717) is 17.3 Å². The number of nitrogens with one attached hydrogen (secondary N) is 2. The van der Waals surface area contributed by atoms with Crippen LogP contribution in [0.4, 0.5) is 10.5 Å². The van der Waals surface area contributed by atoms with E-state index in [1.165, 1.54) is 0 Å². The van der Waals surface area contributed by atoms with Gasteiger partial charge in [-0.3, -0.25) is 0 Å². The van der Waals surface area contributed by atoms with Crippen molar-refractivity contribution in [3.8, 4) is 10.4 Å². The number of carbonyl (C=O) groups excluding carboxylic acids is 1. The second-order valence-electron chi connectivity index (χ2n) is 5.61. The minimum atomic E-state index is -1.07. The molecule has 0 bridgehead atoms. The second kappa shape index (κ2) is 9.44. The summed E-state index contributed by atoms with van der Waals surface area (Å²) in [6.45, 7) is 2.70. The minimum Gasteiger partial charge on any atom is -0.477 e. The van der Waals surface area contributed by atoms with Gasteiger partial charge in [0.25, 0.3) is 0 Å². The van der Waals surface area contributed by atoms with Crippen LogP contribution in [-0.4, -0.2) is 23.7 Å². The first-order valence-corrected chi connectivity index (χ1v) is 9.38. The van der Waals surface area contributed by atoms with Crippen LogP contribution in [0.5, 0.6) is 0 Å². The van der Waals surface area contributed by atoms with Crippen LogP contribution in [0.15, 0.2) is 30.3 Å². The number of hydrogen-bond donors (Lipinski definition) is 3. The van der Waals surface area contributed by atoms with Gasteiger partial charge in [-0.2, -0.15) is 0 Å². The summed E-state index contributed by atoms with van der Waals surface area (Å²) in [6, 6.07) is 8.43. The van der Waals surface area contributed by atoms with Crippen LogP contribution in [0.3, 0.4) is 0 Å². The Hall–Kier alpha value is -2.05. The quantitative estimate of drug-likeness (QED) is 0.531. The Morgan fingerprint density at radius 2 is 2.00 bits per heavy atom. The van der Waals surface area contributed by atoms with Gasteiger partial charge in [0.15, 0.2) is 0 Å². The zero-order valence-corrected chi connectivity index (χ0v) is 15.5. The number of unbranched alkanes of at least 4 members (excludes halogenated alkanes) is 3. The number of halogens is 1. The topological polar surface area (TPSA) is 78.4 Å². The predicted molar refractivity (Wildman–Crippen MR) is 103 cm³/mol. The molecule has 2 aromatic rings. The zero-order chi connectivity index (χ0) is 18.2. The van der Waals surface area contributed by atoms with Gasteiger partial charge in [-0.05, 0) is 30.2 Å². The zero-order valence-electron chi connectivity index (χ0n) is 14.0. The summed E-state index contributed by atoms with van der Waals surface area (Å²) in [5, 5.41) is 15.3. The molecule has 2 amide bonds. The monoisotopic (exact) mass is 380 g/mol. The lowest BCUT2D eigenvalue weighted by molar-refractivity contribution is 0.0703. The molecule has 0 aliphatic rings. The number of amides is 2. The van der Waals surface area contributed by atoms with Crippen molar-refractivity contribution in [2.45, 2.75) is 32.6 Å². The van der Waals surface area contributed by atoms with Gasteiger partial charge in [0.2, 0.25) is 0 Å². The summed E-state index contributed by atoms with van der Waals surface area (Å²) in [7, 11) is 0. The van der Waals surface area contributed by atoms with Crippen LogP contribution in [0, 0.1) is 0 Å². The van der Waals surface area contributed by atoms with Crippen LogP contribution in [-0.2, 0) is 0 Å². The van der Waals surface area contributed by atoms with Crippen molar-refractivity contribution in [1.82, 2.24) is 5.32 Å². The molecule has 2 rings (SSSR count). The highest BCUT2D eigenvalue weighted by molar-refractivity contribution is 7.18. The minimum absolute atomic E-state index is 0.0936. The SMILES string of the molecule is CCCCCCNC(=O)Nc1cc(-c2cccc(Cl)c2)sc1C(=O)O. The van der Waals surface area contributed by atoms with Gasteiger partial charge in [-0.15, -0.1) is 11.3 Å². The number of rotatable bonds is 8. The largest absolute Gasteiger partial charge is 0.477 e. The van der Waals surface area contributed by atoms with Gasteiger partial charge in [0, 0.05) is 16.4 Å². The highest BCUT2D eigenvalue weighted by Gasteiger charge is 2.18. The van der Waals surface area contributed by atoms with Crippen molar-refractivity contribution in [1.29, 1.82) is 0 Å². The van der Waals surface area contributed by atoms with Crippen molar-refractivity contribution in [3.63, 3.8) is 0 Å². The molecule has 7 heteroatoms. The van der Waals surface area contributed by atoms with E-state index in [1.54, 1.807) is 24.3 Å². The molecule has 0 atom stereocenters. The van der Waals surface area contributed by atoms with E-state index in [-0.39, 0.29) is 4.88 Å². The Balaban J connectivity index is 2.06. The summed E-state index contributed by atoms with van der Waals surface area (Å²) < 4.78 is 0. The summed E-state index contributed by atoms with van der Waals surface area (Å²) >= 11 is 7.10. The van der Waals surface area contributed by atoms with Gasteiger partial charge >= 0.3 is 12.0 Å². The fourth-order valence-electron chi connectivity index (χ4n) is 2.35. The second-order valence-corrected chi connectivity index (χ2v) is 7.10. The molecule has 0 radical (unpaired) electrons. The average Bonchev–Trinajstić information content (AvgIpc) is 2.99. The molecule has 1 aromatic heterocycles. The Morgan fingerprint density at radius 1 is 1.20 bits per heavy atom. The number of carbonyl (C=O) groups is 2. The first kappa shape index (κ1) is 19.3. The standard InChI is InChI=1S/C18H21ClN2O3S/c1-2-3-4-5-9-20-18(24)21-14-11-15(25-16(14)17(22)23)12-7-6-8-13(19)10-12/h6-8,10-11H,2-5,9H2,1H3,(H,22,23)(H2,20,21,24). The lowest BCUT2D eigenvalue weighted by Gasteiger charge is -2.06. The van der Waals surface area contributed by atoms with E-state index < -0.39 is 12.0 Å². The number of urea groups is 1. The van der Waals surface area contributed by atoms with E-state index in [9.17, 15) is 14.7 Å². The molecule has 0 fully saturated rings. The van der Waals surface area contributed by atoms with Gasteiger partial charge in [0.05, 0.1) is 5.69 Å². The van der Waals surface area contributed by atoms with Crippen molar-refractivity contribution < 1.29 is 14.7 Å². The molecule has 5 nitrogen and oxygen atoms in total. The Labute approximate surface area is 156 Å². The normalized spacial score (nSPS) is 10.5. The first-order chi connectivity index (χ1) is 12.0. The van der Waals surface area contributed by atoms with Gasteiger partial charge in [0.1, 0.15) is 4.88 Å². The fourth-order valence-corrected chi connectivity index (χ4v) is 3.49. The molecule has 25 heavy (non-hydrogen) atoms. The molecular formula is C18H21ClN2O3S. The number of carboxylic acids is 1. The highest BCUT2D eigenvalue weighted by atomic mass is 35.5. The van der Waals surface area contributed by atoms with E-state index in [1.807, 2.05) is 6.07 Å². The van der Waals surface area contributed by atoms with Crippen LogP contribution in [0.2, 0.25) is 5.02 Å². The van der Waals surface area contributed by atoms with Crippen molar-refractivity contribution in [3.05, 3.63) is 40.2 Å². The van der Waals surface area contributed by atoms with Crippen molar-refractivity contribution in [2.24, 2.45) is 0 Å². The molecule has 0 saturated heterocycles. The van der Waals surface area contributed by atoms with E-state index in [0.717, 1.165) is 47.5 Å². The maximum absolute atomic E-state index is 12.0. The number of hydrogen-bond acceptors (Lipinski definition) is 3. The summed E-state index contributed by atoms with van der Waals surface area (Å²) in [6.07, 6.45) is 4.24. The molecule has 0 saturated carbocycles. The molecule has 3 N–H and O–H groups in total. The van der Waals surface area contributed by atoms with Crippen LogP contribution in [0.1, 0.15) is 42.3 Å². The Bertz CT molecular complexity index is 746. The van der Waals surface area contributed by atoms with Gasteiger partial charge in [-0.25, -0.2) is 9.59 Å². The van der Waals surface area contributed by atoms with Gasteiger partial charge < -0.3 is 15.7 Å². The predicted octanol–water partition coefficient (Wildman–Crippen LogP) is 5.47. The number of carboxylic acid groups (broad SMARTS) is 1. The van der Waals surface area contributed by atoms with Crippen LogP contribution >= 0.6 is 22.9 Å². The molecule has 134 valence electrons. The Kier molecular flexibility index (Phi) is 7.28. The third kappa shape index (κ3) is 5.76. The molecule has 0 unspecified atom stereocenters. The summed E-state index contributed by atoms with van der Waals surface area (Å²) in [4.78, 5) is 24.3.